The molecule has 1 aromatic carbocycles. The molecule has 1 rings (SSSR count). The summed E-state index contributed by atoms with van der Waals surface area (Å²) in [6.07, 6.45) is 2.80. The van der Waals surface area contributed by atoms with Gasteiger partial charge in [0.15, 0.2) is 0 Å². The zero-order valence-electron chi connectivity index (χ0n) is 8.25. The van der Waals surface area contributed by atoms with Gasteiger partial charge in [-0.15, -0.1) is 0 Å². The van der Waals surface area contributed by atoms with Crippen LogP contribution >= 0.6 is 0 Å². The molecule has 0 bridgehead atoms. The van der Waals surface area contributed by atoms with Crippen LogP contribution in [0, 0.1) is 0 Å². The molecule has 76 valence electrons. The molecule has 0 aromatic heterocycles. The molecule has 0 fully saturated rings. The predicted octanol–water partition coefficient (Wildman–Crippen LogP) is 1.78. The highest BCUT2D eigenvalue weighted by molar-refractivity contribution is 6.40. The van der Waals surface area contributed by atoms with E-state index in [1.165, 1.54) is 6.26 Å². The van der Waals surface area contributed by atoms with Crippen molar-refractivity contribution in [3.05, 3.63) is 53.8 Å². The van der Waals surface area contributed by atoms with E-state index in [9.17, 15) is 4.79 Å². The molecule has 15 heavy (non-hydrogen) atoms. The second kappa shape index (κ2) is 5.52. The minimum absolute atomic E-state index is 0.117. The first-order chi connectivity index (χ1) is 7.29. The van der Waals surface area contributed by atoms with E-state index in [0.29, 0.717) is 5.56 Å². The second-order valence-corrected chi connectivity index (χ2v) is 2.69. The van der Waals surface area contributed by atoms with Gasteiger partial charge in [-0.25, -0.2) is 4.79 Å². The van der Waals surface area contributed by atoms with E-state index in [1.54, 1.807) is 43.3 Å². The monoisotopic (exact) mass is 202 g/mol. The Balaban J connectivity index is 2.92. The number of carbonyl (C=O) groups is 1. The highest BCUT2D eigenvalue weighted by Gasteiger charge is 2.23. The molecule has 0 heterocycles. The lowest BCUT2D eigenvalue weighted by atomic mass is 10.1. The van der Waals surface area contributed by atoms with Gasteiger partial charge in [0.2, 0.25) is 0 Å². The summed E-state index contributed by atoms with van der Waals surface area (Å²) in [5.41, 5.74) is 9.10. The van der Waals surface area contributed by atoms with Crippen LogP contribution in [0.5, 0.6) is 0 Å². The molecule has 0 aliphatic carbocycles. The number of ether oxygens (including phenoxy) is 1. The highest BCUT2D eigenvalue weighted by Crippen LogP contribution is 2.01. The van der Waals surface area contributed by atoms with Crippen LogP contribution in [-0.4, -0.2) is 16.5 Å². The van der Waals surface area contributed by atoms with Gasteiger partial charge in [-0.2, -0.15) is 4.79 Å². The Labute approximate surface area is 87.4 Å². The van der Waals surface area contributed by atoms with E-state index in [2.05, 4.69) is 9.53 Å². The van der Waals surface area contributed by atoms with E-state index < -0.39 is 5.97 Å². The normalized spacial score (nSPS) is 9.67. The summed E-state index contributed by atoms with van der Waals surface area (Å²) in [6, 6.07) is 8.60. The van der Waals surface area contributed by atoms with Crippen LogP contribution in [0.2, 0.25) is 0 Å². The highest BCUT2D eigenvalue weighted by atomic mass is 16.5. The van der Waals surface area contributed by atoms with Gasteiger partial charge in [-0.3, -0.25) is 0 Å². The smallest absolute Gasteiger partial charge is 0.426 e. The third kappa shape index (κ3) is 2.90. The van der Waals surface area contributed by atoms with Crippen LogP contribution in [0.3, 0.4) is 0 Å². The van der Waals surface area contributed by atoms with Gasteiger partial charge in [0.25, 0.3) is 0 Å². The summed E-state index contributed by atoms with van der Waals surface area (Å²) in [5, 5.41) is 0. The number of carbonyl (C=O) groups excluding carboxylic acids is 1. The van der Waals surface area contributed by atoms with Gasteiger partial charge >= 0.3 is 11.7 Å². The number of hydrogen-bond acceptors (Lipinski definition) is 2. The van der Waals surface area contributed by atoms with Gasteiger partial charge in [-0.05, 0) is 19.1 Å². The summed E-state index contributed by atoms with van der Waals surface area (Å²) in [4.78, 5) is 14.3. The molecule has 4 nitrogen and oxygen atoms in total. The van der Waals surface area contributed by atoms with E-state index in [1.807, 2.05) is 0 Å². The lowest BCUT2D eigenvalue weighted by Gasteiger charge is -1.94. The number of benzene rings is 1. The maximum atomic E-state index is 11.4. The molecule has 0 unspecified atom stereocenters. The number of nitrogens with zero attached hydrogens (tertiary/aromatic N) is 2. The first-order valence-electron chi connectivity index (χ1n) is 4.39. The van der Waals surface area contributed by atoms with Crippen molar-refractivity contribution in [3.8, 4) is 0 Å². The van der Waals surface area contributed by atoms with Crippen LogP contribution in [-0.2, 0) is 9.53 Å². The van der Waals surface area contributed by atoms with Gasteiger partial charge in [0, 0.05) is 0 Å². The lowest BCUT2D eigenvalue weighted by Crippen LogP contribution is -2.17. The van der Waals surface area contributed by atoms with Crippen molar-refractivity contribution in [2.45, 2.75) is 6.92 Å². The Hall–Kier alpha value is -2.19. The van der Waals surface area contributed by atoms with Gasteiger partial charge in [-0.1, -0.05) is 24.3 Å². The maximum absolute atomic E-state index is 11.4. The van der Waals surface area contributed by atoms with Crippen molar-refractivity contribution in [1.29, 1.82) is 0 Å². The van der Waals surface area contributed by atoms with Gasteiger partial charge in [0.05, 0.1) is 11.8 Å². The van der Waals surface area contributed by atoms with E-state index in [0.717, 1.165) is 0 Å². The molecule has 1 aromatic rings. The zero-order chi connectivity index (χ0) is 11.1. The van der Waals surface area contributed by atoms with Gasteiger partial charge < -0.3 is 10.3 Å². The molecule has 0 aliphatic rings. The zero-order valence-corrected chi connectivity index (χ0v) is 8.25. The van der Waals surface area contributed by atoms with E-state index >= 15 is 0 Å². The molecule has 0 saturated heterocycles. The van der Waals surface area contributed by atoms with Crippen LogP contribution in [0.1, 0.15) is 12.5 Å². The van der Waals surface area contributed by atoms with Crippen LogP contribution in [0.25, 0.3) is 5.53 Å². The van der Waals surface area contributed by atoms with Crippen LogP contribution < -0.4 is 0 Å². The molecule has 4 heteroatoms. The Kier molecular flexibility index (Phi) is 4.01. The first kappa shape index (κ1) is 10.9. The van der Waals surface area contributed by atoms with Crippen LogP contribution in [0.15, 0.2) is 42.7 Å². The topological polar surface area (TPSA) is 62.7 Å². The lowest BCUT2D eigenvalue weighted by molar-refractivity contribution is -0.134. The standard InChI is InChI=1S/C11H10N2O2/c1-2-8-15-11(14)10(13-12)9-6-4-3-5-7-9/h2-8H,1H3. The number of allylic oxidation sites excluding steroid dienone is 1. The number of rotatable bonds is 3. The second-order valence-electron chi connectivity index (χ2n) is 2.69. The fraction of sp³-hybridized carbons (Fsp3) is 0.0909. The Morgan fingerprint density at radius 1 is 1.40 bits per heavy atom. The summed E-state index contributed by atoms with van der Waals surface area (Å²) < 4.78 is 4.69. The van der Waals surface area contributed by atoms with Crippen molar-refractivity contribution in [3.63, 3.8) is 0 Å². The Bertz CT molecular complexity index is 417. The molecule has 0 aliphatic heterocycles. The number of hydrogen-bond donors (Lipinski definition) is 0. The minimum atomic E-state index is -0.693. The molecule has 0 radical (unpaired) electrons. The van der Waals surface area contributed by atoms with Crippen molar-refractivity contribution in [2.24, 2.45) is 0 Å². The Morgan fingerprint density at radius 2 is 2.07 bits per heavy atom. The third-order valence-corrected chi connectivity index (χ3v) is 1.65. The summed E-state index contributed by atoms with van der Waals surface area (Å²) in [6.45, 7) is 1.71. The molecule has 0 saturated carbocycles. The predicted molar refractivity (Wildman–Crippen MR) is 55.1 cm³/mol. The average Bonchev–Trinajstić information content (AvgIpc) is 2.29. The largest absolute Gasteiger partial charge is 0.427 e. The van der Waals surface area contributed by atoms with Crippen molar-refractivity contribution < 1.29 is 14.3 Å². The first-order valence-corrected chi connectivity index (χ1v) is 4.39. The Morgan fingerprint density at radius 3 is 2.60 bits per heavy atom. The fourth-order valence-corrected chi connectivity index (χ4v) is 0.998. The van der Waals surface area contributed by atoms with E-state index in [4.69, 9.17) is 5.53 Å². The minimum Gasteiger partial charge on any atom is -0.426 e. The molecule has 0 amide bonds. The maximum Gasteiger partial charge on any atom is 0.427 e. The average molecular weight is 202 g/mol. The fourth-order valence-electron chi connectivity index (χ4n) is 0.998. The molecule has 0 N–H and O–H groups in total. The third-order valence-electron chi connectivity index (χ3n) is 1.65. The SMILES string of the molecule is CC=COC(=O)C(=[N+]=[N-])c1ccccc1. The van der Waals surface area contributed by atoms with Crippen molar-refractivity contribution in [2.75, 3.05) is 0 Å². The molecule has 0 spiro atoms. The van der Waals surface area contributed by atoms with Gasteiger partial charge in [0.1, 0.15) is 0 Å². The quantitative estimate of drug-likeness (QED) is 0.246. The van der Waals surface area contributed by atoms with Crippen LogP contribution in [0.4, 0.5) is 0 Å². The molecular formula is C11H10N2O2. The summed E-state index contributed by atoms with van der Waals surface area (Å²) in [5.74, 6) is -0.693. The number of esters is 1. The van der Waals surface area contributed by atoms with Crippen molar-refractivity contribution >= 4 is 11.7 Å². The molecule has 0 atom stereocenters. The van der Waals surface area contributed by atoms with E-state index in [-0.39, 0.29) is 5.71 Å². The summed E-state index contributed by atoms with van der Waals surface area (Å²) >= 11 is 0. The van der Waals surface area contributed by atoms with Crippen molar-refractivity contribution in [1.82, 2.24) is 0 Å². The summed E-state index contributed by atoms with van der Waals surface area (Å²) in [7, 11) is 0. The molecular weight excluding hydrogens is 192 g/mol.